The molecular weight excluding hydrogens is 354 g/mol. The fourth-order valence-electron chi connectivity index (χ4n) is 3.56. The highest BCUT2D eigenvalue weighted by Gasteiger charge is 2.38. The number of hydrogen-bond acceptors (Lipinski definition) is 5. The molecular formula is C21H23N5O2. The van der Waals surface area contributed by atoms with Gasteiger partial charge in [0.1, 0.15) is 0 Å². The molecule has 144 valence electrons. The summed E-state index contributed by atoms with van der Waals surface area (Å²) in [6.45, 7) is 3.89. The number of pyridine rings is 1. The Morgan fingerprint density at radius 2 is 2.00 bits per heavy atom. The second-order valence-electron chi connectivity index (χ2n) is 7.39. The minimum absolute atomic E-state index is 0.0624. The number of aromatic nitrogens is 3. The number of nitrogens with zero attached hydrogens (tertiary/aromatic N) is 4. The first-order chi connectivity index (χ1) is 13.6. The van der Waals surface area contributed by atoms with E-state index in [0.29, 0.717) is 24.8 Å². The van der Waals surface area contributed by atoms with Crippen molar-refractivity contribution >= 4 is 6.03 Å². The molecule has 1 atom stereocenters. The summed E-state index contributed by atoms with van der Waals surface area (Å²) >= 11 is 0. The number of amides is 2. The molecule has 4 rings (SSSR count). The van der Waals surface area contributed by atoms with Gasteiger partial charge in [-0.3, -0.25) is 4.98 Å². The molecule has 7 nitrogen and oxygen atoms in total. The molecule has 2 amide bonds. The van der Waals surface area contributed by atoms with Gasteiger partial charge in [-0.1, -0.05) is 42.4 Å². The van der Waals surface area contributed by atoms with Gasteiger partial charge in [0.15, 0.2) is 5.82 Å². The molecule has 1 saturated heterocycles. The summed E-state index contributed by atoms with van der Waals surface area (Å²) in [6.07, 6.45) is 5.19. The molecule has 2 aromatic heterocycles. The summed E-state index contributed by atoms with van der Waals surface area (Å²) in [7, 11) is 0. The predicted molar refractivity (Wildman–Crippen MR) is 104 cm³/mol. The lowest BCUT2D eigenvalue weighted by atomic mass is 9.81. The Kier molecular flexibility index (Phi) is 5.06. The van der Waals surface area contributed by atoms with Gasteiger partial charge < -0.3 is 14.7 Å². The van der Waals surface area contributed by atoms with Gasteiger partial charge in [-0.15, -0.1) is 0 Å². The standard InChI is InChI=1S/C21H23N5O2/c1-21(19-24-18(28-25-19)17-8-11-22-12-9-17)10-5-13-26(15-21)20(27)23-14-16-6-3-2-4-7-16/h2-4,6-9,11-12H,5,10,13-15H2,1H3,(H,23,27). The summed E-state index contributed by atoms with van der Waals surface area (Å²) in [5.41, 5.74) is 1.58. The van der Waals surface area contributed by atoms with Crippen LogP contribution in [0.25, 0.3) is 11.5 Å². The minimum atomic E-state index is -0.336. The SMILES string of the molecule is CC1(c2noc(-c3ccncc3)n2)CCCN(C(=O)NCc2ccccc2)C1. The van der Waals surface area contributed by atoms with E-state index in [-0.39, 0.29) is 11.4 Å². The number of urea groups is 1. The zero-order valence-corrected chi connectivity index (χ0v) is 15.8. The van der Waals surface area contributed by atoms with E-state index in [1.807, 2.05) is 47.4 Å². The molecule has 7 heteroatoms. The largest absolute Gasteiger partial charge is 0.334 e. The third-order valence-corrected chi connectivity index (χ3v) is 5.16. The van der Waals surface area contributed by atoms with Crippen molar-refractivity contribution < 1.29 is 9.32 Å². The average Bonchev–Trinajstić information content (AvgIpc) is 3.25. The first-order valence-electron chi connectivity index (χ1n) is 9.45. The molecule has 1 aliphatic heterocycles. The van der Waals surface area contributed by atoms with E-state index in [9.17, 15) is 4.79 Å². The number of carbonyl (C=O) groups is 1. The monoisotopic (exact) mass is 377 g/mol. The molecule has 1 N–H and O–H groups in total. The van der Waals surface area contributed by atoms with Crippen molar-refractivity contribution in [2.45, 2.75) is 31.7 Å². The van der Waals surface area contributed by atoms with Crippen LogP contribution in [0, 0.1) is 0 Å². The quantitative estimate of drug-likeness (QED) is 0.753. The average molecular weight is 377 g/mol. The van der Waals surface area contributed by atoms with Crippen LogP contribution in [0.2, 0.25) is 0 Å². The first-order valence-corrected chi connectivity index (χ1v) is 9.45. The Morgan fingerprint density at radius 3 is 2.79 bits per heavy atom. The molecule has 3 heterocycles. The predicted octanol–water partition coefficient (Wildman–Crippen LogP) is 3.39. The molecule has 1 aromatic carbocycles. The normalized spacial score (nSPS) is 19.4. The van der Waals surface area contributed by atoms with E-state index >= 15 is 0 Å². The van der Waals surface area contributed by atoms with Crippen LogP contribution in [0.1, 0.15) is 31.2 Å². The molecule has 3 aromatic rings. The number of benzene rings is 1. The lowest BCUT2D eigenvalue weighted by Crippen LogP contribution is -2.50. The van der Waals surface area contributed by atoms with Crippen LogP contribution in [0.4, 0.5) is 4.79 Å². The molecule has 0 radical (unpaired) electrons. The number of likely N-dealkylation sites (tertiary alicyclic amines) is 1. The van der Waals surface area contributed by atoms with Crippen molar-refractivity contribution in [3.8, 4) is 11.5 Å². The van der Waals surface area contributed by atoms with E-state index < -0.39 is 0 Å². The van der Waals surface area contributed by atoms with Crippen molar-refractivity contribution in [3.05, 3.63) is 66.2 Å². The van der Waals surface area contributed by atoms with E-state index in [4.69, 9.17) is 4.52 Å². The molecule has 28 heavy (non-hydrogen) atoms. The van der Waals surface area contributed by atoms with Crippen molar-refractivity contribution in [1.82, 2.24) is 25.3 Å². The lowest BCUT2D eigenvalue weighted by Gasteiger charge is -2.38. The Bertz CT molecular complexity index is 928. The third-order valence-electron chi connectivity index (χ3n) is 5.16. The van der Waals surface area contributed by atoms with Crippen molar-refractivity contribution in [1.29, 1.82) is 0 Å². The number of piperidine rings is 1. The van der Waals surface area contributed by atoms with Gasteiger partial charge in [0.2, 0.25) is 0 Å². The minimum Gasteiger partial charge on any atom is -0.334 e. The maximum atomic E-state index is 12.7. The number of rotatable bonds is 4. The van der Waals surface area contributed by atoms with Gasteiger partial charge in [-0.25, -0.2) is 4.79 Å². The summed E-state index contributed by atoms with van der Waals surface area (Å²) < 4.78 is 5.46. The first kappa shape index (κ1) is 18.2. The molecule has 0 bridgehead atoms. The molecule has 1 unspecified atom stereocenters. The second kappa shape index (κ2) is 7.80. The van der Waals surface area contributed by atoms with Crippen LogP contribution in [0.3, 0.4) is 0 Å². The fourth-order valence-corrected chi connectivity index (χ4v) is 3.56. The number of nitrogens with one attached hydrogen (secondary N) is 1. The Hall–Kier alpha value is -3.22. The molecule has 0 aliphatic carbocycles. The van der Waals surface area contributed by atoms with Gasteiger partial charge in [0.05, 0.1) is 0 Å². The molecule has 0 saturated carbocycles. The fraction of sp³-hybridized carbons (Fsp3) is 0.333. The Morgan fingerprint density at radius 1 is 1.21 bits per heavy atom. The summed E-state index contributed by atoms with van der Waals surface area (Å²) in [5.74, 6) is 1.11. The third kappa shape index (κ3) is 3.88. The van der Waals surface area contributed by atoms with Gasteiger partial charge in [0.25, 0.3) is 5.89 Å². The van der Waals surface area contributed by atoms with E-state index in [0.717, 1.165) is 30.5 Å². The number of carbonyl (C=O) groups excluding carboxylic acids is 1. The van der Waals surface area contributed by atoms with Crippen LogP contribution in [0.15, 0.2) is 59.4 Å². The van der Waals surface area contributed by atoms with Gasteiger partial charge in [-0.2, -0.15) is 4.98 Å². The van der Waals surface area contributed by atoms with E-state index in [1.165, 1.54) is 0 Å². The topological polar surface area (TPSA) is 84.2 Å². The van der Waals surface area contributed by atoms with Crippen LogP contribution < -0.4 is 5.32 Å². The van der Waals surface area contributed by atoms with Crippen molar-refractivity contribution in [2.24, 2.45) is 0 Å². The van der Waals surface area contributed by atoms with Gasteiger partial charge >= 0.3 is 6.03 Å². The van der Waals surface area contributed by atoms with Crippen molar-refractivity contribution in [3.63, 3.8) is 0 Å². The Labute approximate surface area is 163 Å². The summed E-state index contributed by atoms with van der Waals surface area (Å²) in [5, 5.41) is 7.22. The molecule has 1 fully saturated rings. The second-order valence-corrected chi connectivity index (χ2v) is 7.39. The summed E-state index contributed by atoms with van der Waals surface area (Å²) in [4.78, 5) is 23.1. The van der Waals surface area contributed by atoms with Gasteiger partial charge in [0, 0.05) is 43.0 Å². The zero-order chi connectivity index (χ0) is 19.4. The van der Waals surface area contributed by atoms with Crippen LogP contribution in [-0.2, 0) is 12.0 Å². The maximum absolute atomic E-state index is 12.7. The number of hydrogen-bond donors (Lipinski definition) is 1. The van der Waals surface area contributed by atoms with Crippen LogP contribution in [0.5, 0.6) is 0 Å². The Balaban J connectivity index is 1.44. The summed E-state index contributed by atoms with van der Waals surface area (Å²) in [6, 6.07) is 13.5. The van der Waals surface area contributed by atoms with E-state index in [2.05, 4.69) is 27.4 Å². The van der Waals surface area contributed by atoms with Crippen LogP contribution >= 0.6 is 0 Å². The molecule has 0 spiro atoms. The highest BCUT2D eigenvalue weighted by Crippen LogP contribution is 2.33. The zero-order valence-electron chi connectivity index (χ0n) is 15.8. The van der Waals surface area contributed by atoms with Crippen molar-refractivity contribution in [2.75, 3.05) is 13.1 Å². The highest BCUT2D eigenvalue weighted by molar-refractivity contribution is 5.74. The smallest absolute Gasteiger partial charge is 0.317 e. The highest BCUT2D eigenvalue weighted by atomic mass is 16.5. The molecule has 1 aliphatic rings. The van der Waals surface area contributed by atoms with E-state index in [1.54, 1.807) is 12.4 Å². The lowest BCUT2D eigenvalue weighted by molar-refractivity contribution is 0.150. The van der Waals surface area contributed by atoms with Gasteiger partial charge in [-0.05, 0) is 30.5 Å². The van der Waals surface area contributed by atoms with Crippen LogP contribution in [-0.4, -0.2) is 39.1 Å². The maximum Gasteiger partial charge on any atom is 0.317 e.